The minimum Gasteiger partial charge on any atom is -0.325 e. The van der Waals surface area contributed by atoms with Gasteiger partial charge in [-0.3, -0.25) is 4.79 Å². The van der Waals surface area contributed by atoms with Crippen molar-refractivity contribution < 1.29 is 9.18 Å². The molecule has 0 saturated heterocycles. The first-order valence-corrected chi connectivity index (χ1v) is 10.7. The third-order valence-corrected chi connectivity index (χ3v) is 5.87. The summed E-state index contributed by atoms with van der Waals surface area (Å²) in [4.78, 5) is 17.7. The number of carbonyl (C=O) groups is 1. The van der Waals surface area contributed by atoms with Gasteiger partial charge >= 0.3 is 0 Å². The highest BCUT2D eigenvalue weighted by Gasteiger charge is 2.20. The lowest BCUT2D eigenvalue weighted by Gasteiger charge is -2.17. The van der Waals surface area contributed by atoms with Crippen LogP contribution in [0.25, 0.3) is 21.8 Å². The molecule has 1 N–H and O–H groups in total. The second kappa shape index (κ2) is 9.01. The van der Waals surface area contributed by atoms with E-state index in [2.05, 4.69) is 10.3 Å². The zero-order valence-electron chi connectivity index (χ0n) is 16.5. The van der Waals surface area contributed by atoms with E-state index in [0.717, 1.165) is 11.1 Å². The van der Waals surface area contributed by atoms with Gasteiger partial charge in [-0.2, -0.15) is 0 Å². The molecule has 3 nitrogen and oxygen atoms in total. The summed E-state index contributed by atoms with van der Waals surface area (Å²) in [5.41, 5.74) is 3.69. The first kappa shape index (κ1) is 20.0. The molecule has 0 aliphatic carbocycles. The van der Waals surface area contributed by atoms with Gasteiger partial charge in [0.1, 0.15) is 10.8 Å². The monoisotopic (exact) mass is 416 g/mol. The van der Waals surface area contributed by atoms with Gasteiger partial charge in [0.05, 0.1) is 17.3 Å². The van der Waals surface area contributed by atoms with Crippen molar-refractivity contribution >= 4 is 22.9 Å². The molecule has 1 unspecified atom stereocenters. The van der Waals surface area contributed by atoms with Gasteiger partial charge in [0, 0.05) is 16.5 Å². The predicted octanol–water partition coefficient (Wildman–Crippen LogP) is 6.75. The van der Waals surface area contributed by atoms with Crippen molar-refractivity contribution in [2.75, 3.05) is 5.32 Å². The van der Waals surface area contributed by atoms with Crippen LogP contribution < -0.4 is 5.32 Å². The second-order valence-electron chi connectivity index (χ2n) is 6.92. The smallest absolute Gasteiger partial charge is 0.231 e. The average molecular weight is 417 g/mol. The normalized spacial score (nSPS) is 11.8. The van der Waals surface area contributed by atoms with Gasteiger partial charge in [0.25, 0.3) is 0 Å². The first-order valence-electron chi connectivity index (χ1n) is 9.83. The maximum atomic E-state index is 14.1. The SMILES string of the molecule is CCC(C(=O)Nc1ccccc1-c1csc(-c2ccccc2F)n1)c1ccccc1. The van der Waals surface area contributed by atoms with E-state index in [1.807, 2.05) is 66.9 Å². The Balaban J connectivity index is 1.62. The fourth-order valence-electron chi connectivity index (χ4n) is 3.45. The van der Waals surface area contributed by atoms with Gasteiger partial charge < -0.3 is 5.32 Å². The number of hydrogen-bond donors (Lipinski definition) is 1. The number of para-hydroxylation sites is 1. The first-order chi connectivity index (χ1) is 14.7. The topological polar surface area (TPSA) is 42.0 Å². The molecule has 4 aromatic rings. The summed E-state index contributed by atoms with van der Waals surface area (Å²) in [6.07, 6.45) is 0.701. The second-order valence-corrected chi connectivity index (χ2v) is 7.78. The third kappa shape index (κ3) is 4.16. The lowest BCUT2D eigenvalue weighted by Crippen LogP contribution is -2.21. The summed E-state index contributed by atoms with van der Waals surface area (Å²) in [7, 11) is 0. The quantitative estimate of drug-likeness (QED) is 0.378. The average Bonchev–Trinajstić information content (AvgIpc) is 3.25. The Bertz CT molecular complexity index is 1160. The fourth-order valence-corrected chi connectivity index (χ4v) is 4.30. The zero-order valence-corrected chi connectivity index (χ0v) is 17.3. The molecule has 1 amide bonds. The molecule has 0 spiro atoms. The number of carbonyl (C=O) groups excluding carboxylic acids is 1. The minimum absolute atomic E-state index is 0.0549. The van der Waals surface area contributed by atoms with Gasteiger partial charge in [0.15, 0.2) is 0 Å². The molecule has 1 heterocycles. The van der Waals surface area contributed by atoms with E-state index >= 15 is 0 Å². The molecular formula is C25H21FN2OS. The van der Waals surface area contributed by atoms with E-state index in [4.69, 9.17) is 0 Å². The Labute approximate surface area is 179 Å². The molecule has 30 heavy (non-hydrogen) atoms. The van der Waals surface area contributed by atoms with E-state index in [0.29, 0.717) is 28.4 Å². The molecule has 0 bridgehead atoms. The van der Waals surface area contributed by atoms with Crippen molar-refractivity contribution in [2.45, 2.75) is 19.3 Å². The molecule has 0 aliphatic heterocycles. The highest BCUT2D eigenvalue weighted by molar-refractivity contribution is 7.13. The number of thiazole rings is 1. The van der Waals surface area contributed by atoms with E-state index in [1.165, 1.54) is 17.4 Å². The Morgan fingerprint density at radius 2 is 1.63 bits per heavy atom. The Morgan fingerprint density at radius 1 is 0.967 bits per heavy atom. The molecule has 5 heteroatoms. The van der Waals surface area contributed by atoms with Gasteiger partial charge in [-0.25, -0.2) is 9.37 Å². The van der Waals surface area contributed by atoms with E-state index in [9.17, 15) is 9.18 Å². The lowest BCUT2D eigenvalue weighted by atomic mass is 9.95. The lowest BCUT2D eigenvalue weighted by molar-refractivity contribution is -0.117. The molecule has 3 aromatic carbocycles. The number of amides is 1. The number of anilines is 1. The summed E-state index contributed by atoms with van der Waals surface area (Å²) in [6.45, 7) is 2.00. The Morgan fingerprint density at radius 3 is 2.37 bits per heavy atom. The summed E-state index contributed by atoms with van der Waals surface area (Å²) in [5, 5.41) is 5.57. The van der Waals surface area contributed by atoms with Crippen LogP contribution in [0, 0.1) is 5.82 Å². The van der Waals surface area contributed by atoms with Crippen molar-refractivity contribution in [1.82, 2.24) is 4.98 Å². The number of hydrogen-bond acceptors (Lipinski definition) is 3. The maximum Gasteiger partial charge on any atom is 0.231 e. The maximum absolute atomic E-state index is 14.1. The van der Waals surface area contributed by atoms with Gasteiger partial charge in [-0.05, 0) is 30.2 Å². The van der Waals surface area contributed by atoms with E-state index in [-0.39, 0.29) is 17.6 Å². The Kier molecular flexibility index (Phi) is 6.00. The molecule has 1 atom stereocenters. The summed E-state index contributed by atoms with van der Waals surface area (Å²) >= 11 is 1.38. The number of rotatable bonds is 6. The standard InChI is InChI=1S/C25H21FN2OS/c1-2-18(17-10-4-3-5-11-17)24(29)27-22-15-9-7-13-20(22)23-16-30-25(28-23)19-12-6-8-14-21(19)26/h3-16,18H,2H2,1H3,(H,27,29). The molecule has 0 fully saturated rings. The van der Waals surface area contributed by atoms with Gasteiger partial charge in [-0.15, -0.1) is 11.3 Å². The van der Waals surface area contributed by atoms with Crippen LogP contribution in [0.4, 0.5) is 10.1 Å². The fraction of sp³-hybridized carbons (Fsp3) is 0.120. The Hall–Kier alpha value is -3.31. The molecule has 0 aliphatic rings. The van der Waals surface area contributed by atoms with Crippen LogP contribution in [0.5, 0.6) is 0 Å². The molecule has 150 valence electrons. The molecule has 0 radical (unpaired) electrons. The van der Waals surface area contributed by atoms with Crippen molar-refractivity contribution in [3.63, 3.8) is 0 Å². The van der Waals surface area contributed by atoms with Crippen LogP contribution >= 0.6 is 11.3 Å². The van der Waals surface area contributed by atoms with Gasteiger partial charge in [-0.1, -0.05) is 67.6 Å². The molecule has 0 saturated carbocycles. The van der Waals surface area contributed by atoms with Crippen molar-refractivity contribution in [2.24, 2.45) is 0 Å². The third-order valence-electron chi connectivity index (χ3n) is 5.00. The van der Waals surface area contributed by atoms with Crippen molar-refractivity contribution in [1.29, 1.82) is 0 Å². The number of halogens is 1. The molecule has 1 aromatic heterocycles. The van der Waals surface area contributed by atoms with Crippen LogP contribution in [0.2, 0.25) is 0 Å². The number of nitrogens with one attached hydrogen (secondary N) is 1. The summed E-state index contributed by atoms with van der Waals surface area (Å²) in [6, 6.07) is 24.0. The van der Waals surface area contributed by atoms with Crippen LogP contribution in [0.3, 0.4) is 0 Å². The highest BCUT2D eigenvalue weighted by Crippen LogP contribution is 2.34. The summed E-state index contributed by atoms with van der Waals surface area (Å²) in [5.74, 6) is -0.585. The van der Waals surface area contributed by atoms with Crippen LogP contribution in [-0.2, 0) is 4.79 Å². The zero-order chi connectivity index (χ0) is 20.9. The molecular weight excluding hydrogens is 395 g/mol. The molecule has 4 rings (SSSR count). The van der Waals surface area contributed by atoms with E-state index in [1.54, 1.807) is 18.2 Å². The van der Waals surface area contributed by atoms with Crippen LogP contribution in [0.1, 0.15) is 24.8 Å². The minimum atomic E-state index is -0.298. The number of benzene rings is 3. The van der Waals surface area contributed by atoms with Crippen LogP contribution in [-0.4, -0.2) is 10.9 Å². The largest absolute Gasteiger partial charge is 0.325 e. The predicted molar refractivity (Wildman–Crippen MR) is 121 cm³/mol. The highest BCUT2D eigenvalue weighted by atomic mass is 32.1. The summed E-state index contributed by atoms with van der Waals surface area (Å²) < 4.78 is 14.1. The van der Waals surface area contributed by atoms with Crippen molar-refractivity contribution in [3.05, 3.63) is 95.6 Å². The number of nitrogens with zero attached hydrogens (tertiary/aromatic N) is 1. The van der Waals surface area contributed by atoms with E-state index < -0.39 is 0 Å². The van der Waals surface area contributed by atoms with Crippen LogP contribution in [0.15, 0.2) is 84.2 Å². The van der Waals surface area contributed by atoms with Gasteiger partial charge in [0.2, 0.25) is 5.91 Å². The number of aromatic nitrogens is 1. The van der Waals surface area contributed by atoms with Crippen molar-refractivity contribution in [3.8, 4) is 21.8 Å².